The summed E-state index contributed by atoms with van der Waals surface area (Å²) in [6.07, 6.45) is 1.69. The molecule has 4 nitrogen and oxygen atoms in total. The standard InChI is InChI=1S/C16H25ClN2O2S/c1-11(12-9-14(17)22-10-12)18-13-5-7-19(8-6-13)15(20)21-16(2,3)4/h9-11,13,18H,5-8H2,1-4H3. The number of nitrogens with zero attached hydrogens (tertiary/aromatic N) is 1. The molecule has 0 aliphatic carbocycles. The van der Waals surface area contributed by atoms with E-state index < -0.39 is 5.60 Å². The highest BCUT2D eigenvalue weighted by atomic mass is 35.5. The molecule has 1 aliphatic heterocycles. The number of hydrogen-bond acceptors (Lipinski definition) is 4. The van der Waals surface area contributed by atoms with Gasteiger partial charge in [0.25, 0.3) is 0 Å². The lowest BCUT2D eigenvalue weighted by Gasteiger charge is -2.34. The van der Waals surface area contributed by atoms with Gasteiger partial charge in [0.05, 0.1) is 4.34 Å². The van der Waals surface area contributed by atoms with Crippen molar-refractivity contribution in [2.45, 2.75) is 58.2 Å². The molecule has 1 atom stereocenters. The maximum atomic E-state index is 12.0. The summed E-state index contributed by atoms with van der Waals surface area (Å²) in [5.74, 6) is 0. The van der Waals surface area contributed by atoms with Gasteiger partial charge >= 0.3 is 6.09 Å². The number of piperidine rings is 1. The van der Waals surface area contributed by atoms with Crippen molar-refractivity contribution in [1.82, 2.24) is 10.2 Å². The first-order valence-electron chi connectivity index (χ1n) is 7.72. The highest BCUT2D eigenvalue weighted by molar-refractivity contribution is 7.14. The van der Waals surface area contributed by atoms with Gasteiger partial charge in [-0.25, -0.2) is 4.79 Å². The minimum Gasteiger partial charge on any atom is -0.444 e. The average molecular weight is 345 g/mol. The number of ether oxygens (including phenoxy) is 1. The van der Waals surface area contributed by atoms with Gasteiger partial charge in [0.15, 0.2) is 0 Å². The number of hydrogen-bond donors (Lipinski definition) is 1. The van der Waals surface area contributed by atoms with Crippen LogP contribution >= 0.6 is 22.9 Å². The first-order chi connectivity index (χ1) is 10.2. The molecule has 0 radical (unpaired) electrons. The molecule has 2 rings (SSSR count). The van der Waals surface area contributed by atoms with E-state index in [1.165, 1.54) is 5.56 Å². The van der Waals surface area contributed by atoms with Gasteiger partial charge in [0, 0.05) is 25.2 Å². The highest BCUT2D eigenvalue weighted by Crippen LogP contribution is 2.26. The third kappa shape index (κ3) is 5.14. The summed E-state index contributed by atoms with van der Waals surface area (Å²) in [6.45, 7) is 9.32. The number of carbonyl (C=O) groups is 1. The Morgan fingerprint density at radius 1 is 1.45 bits per heavy atom. The van der Waals surface area contributed by atoms with E-state index in [2.05, 4.69) is 17.6 Å². The Bertz CT molecular complexity index is 504. The van der Waals surface area contributed by atoms with Crippen LogP contribution < -0.4 is 5.32 Å². The largest absolute Gasteiger partial charge is 0.444 e. The van der Waals surface area contributed by atoms with E-state index in [1.54, 1.807) is 16.2 Å². The van der Waals surface area contributed by atoms with Crippen LogP contribution in [0.3, 0.4) is 0 Å². The van der Waals surface area contributed by atoms with Gasteiger partial charge in [-0.05, 0) is 57.5 Å². The monoisotopic (exact) mass is 344 g/mol. The number of likely N-dealkylation sites (tertiary alicyclic amines) is 1. The van der Waals surface area contributed by atoms with Crippen LogP contribution in [0, 0.1) is 0 Å². The van der Waals surface area contributed by atoms with Crippen LogP contribution in [-0.2, 0) is 4.74 Å². The van der Waals surface area contributed by atoms with E-state index in [0.29, 0.717) is 6.04 Å². The van der Waals surface area contributed by atoms with Crippen LogP contribution in [-0.4, -0.2) is 35.7 Å². The normalized spacial score (nSPS) is 18.3. The molecule has 124 valence electrons. The van der Waals surface area contributed by atoms with Crippen LogP contribution in [0.1, 0.15) is 52.1 Å². The molecule has 1 aliphatic rings. The first kappa shape index (κ1) is 17.6. The summed E-state index contributed by atoms with van der Waals surface area (Å²) in [6, 6.07) is 2.72. The van der Waals surface area contributed by atoms with E-state index in [9.17, 15) is 4.79 Å². The zero-order chi connectivity index (χ0) is 16.3. The first-order valence-corrected chi connectivity index (χ1v) is 8.98. The van der Waals surface area contributed by atoms with Crippen molar-refractivity contribution in [3.05, 3.63) is 21.3 Å². The molecule has 0 aromatic carbocycles. The topological polar surface area (TPSA) is 41.6 Å². The maximum absolute atomic E-state index is 12.0. The van der Waals surface area contributed by atoms with Gasteiger partial charge in [-0.1, -0.05) is 11.6 Å². The minimum atomic E-state index is -0.432. The van der Waals surface area contributed by atoms with Crippen LogP contribution in [0.4, 0.5) is 4.79 Å². The van der Waals surface area contributed by atoms with Crippen molar-refractivity contribution >= 4 is 29.0 Å². The summed E-state index contributed by atoms with van der Waals surface area (Å²) >= 11 is 7.55. The highest BCUT2D eigenvalue weighted by Gasteiger charge is 2.27. The Morgan fingerprint density at radius 2 is 2.09 bits per heavy atom. The predicted octanol–water partition coefficient (Wildman–Crippen LogP) is 4.45. The Hall–Kier alpha value is -0.780. The van der Waals surface area contributed by atoms with Gasteiger partial charge in [-0.2, -0.15) is 0 Å². The lowest BCUT2D eigenvalue weighted by molar-refractivity contribution is 0.0196. The fraction of sp³-hybridized carbons (Fsp3) is 0.688. The van der Waals surface area contributed by atoms with E-state index in [1.807, 2.05) is 26.8 Å². The van der Waals surface area contributed by atoms with E-state index in [0.717, 1.165) is 30.3 Å². The molecular formula is C16H25ClN2O2S. The molecule has 1 saturated heterocycles. The smallest absolute Gasteiger partial charge is 0.410 e. The molecule has 1 aromatic rings. The number of amides is 1. The fourth-order valence-corrected chi connectivity index (χ4v) is 3.54. The Kier molecular flexibility index (Phi) is 5.75. The number of halogens is 1. The SMILES string of the molecule is CC(NC1CCN(C(=O)OC(C)(C)C)CC1)c1csc(Cl)c1. The molecule has 0 spiro atoms. The van der Waals surface area contributed by atoms with Gasteiger partial charge in [-0.15, -0.1) is 11.3 Å². The molecule has 0 saturated carbocycles. The zero-order valence-corrected chi connectivity index (χ0v) is 15.3. The number of nitrogens with one attached hydrogen (secondary N) is 1. The van der Waals surface area contributed by atoms with Crippen molar-refractivity contribution in [2.24, 2.45) is 0 Å². The van der Waals surface area contributed by atoms with Crippen LogP contribution in [0.15, 0.2) is 11.4 Å². The quantitative estimate of drug-likeness (QED) is 0.880. The van der Waals surface area contributed by atoms with Crippen molar-refractivity contribution in [3.8, 4) is 0 Å². The second-order valence-electron chi connectivity index (χ2n) is 6.81. The van der Waals surface area contributed by atoms with Gasteiger partial charge < -0.3 is 15.0 Å². The second-order valence-corrected chi connectivity index (χ2v) is 8.36. The van der Waals surface area contributed by atoms with Crippen LogP contribution in [0.25, 0.3) is 0 Å². The maximum Gasteiger partial charge on any atom is 0.410 e. The Morgan fingerprint density at radius 3 is 2.59 bits per heavy atom. The average Bonchev–Trinajstić information content (AvgIpc) is 2.84. The van der Waals surface area contributed by atoms with E-state index >= 15 is 0 Å². The molecule has 1 unspecified atom stereocenters. The predicted molar refractivity (Wildman–Crippen MR) is 91.7 cm³/mol. The fourth-order valence-electron chi connectivity index (χ4n) is 2.56. The second kappa shape index (κ2) is 7.20. The summed E-state index contributed by atoms with van der Waals surface area (Å²) < 4.78 is 6.24. The summed E-state index contributed by atoms with van der Waals surface area (Å²) in [7, 11) is 0. The molecule has 1 N–H and O–H groups in total. The molecule has 6 heteroatoms. The number of rotatable bonds is 3. The van der Waals surface area contributed by atoms with Crippen molar-refractivity contribution in [1.29, 1.82) is 0 Å². The van der Waals surface area contributed by atoms with Crippen molar-refractivity contribution < 1.29 is 9.53 Å². The molecule has 2 heterocycles. The van der Waals surface area contributed by atoms with Crippen LogP contribution in [0.5, 0.6) is 0 Å². The lowest BCUT2D eigenvalue weighted by atomic mass is 10.0. The van der Waals surface area contributed by atoms with E-state index in [4.69, 9.17) is 16.3 Å². The van der Waals surface area contributed by atoms with Gasteiger partial charge in [0.2, 0.25) is 0 Å². The summed E-state index contributed by atoms with van der Waals surface area (Å²) in [4.78, 5) is 13.8. The summed E-state index contributed by atoms with van der Waals surface area (Å²) in [5.41, 5.74) is 0.795. The molecule has 0 bridgehead atoms. The van der Waals surface area contributed by atoms with Gasteiger partial charge in [0.1, 0.15) is 5.60 Å². The molecule has 1 fully saturated rings. The third-order valence-corrected chi connectivity index (χ3v) is 4.83. The summed E-state index contributed by atoms with van der Waals surface area (Å²) in [5, 5.41) is 5.72. The van der Waals surface area contributed by atoms with Crippen LogP contribution in [0.2, 0.25) is 4.34 Å². The lowest BCUT2D eigenvalue weighted by Crippen LogP contribution is -2.46. The number of carbonyl (C=O) groups excluding carboxylic acids is 1. The molecule has 1 amide bonds. The molecule has 1 aromatic heterocycles. The Labute approximate surface area is 141 Å². The van der Waals surface area contributed by atoms with Crippen molar-refractivity contribution in [3.63, 3.8) is 0 Å². The third-order valence-electron chi connectivity index (χ3n) is 3.72. The van der Waals surface area contributed by atoms with Crippen molar-refractivity contribution in [2.75, 3.05) is 13.1 Å². The minimum absolute atomic E-state index is 0.205. The molecule has 22 heavy (non-hydrogen) atoms. The zero-order valence-electron chi connectivity index (χ0n) is 13.7. The number of thiophene rings is 1. The molecular weight excluding hydrogens is 320 g/mol. The van der Waals surface area contributed by atoms with E-state index in [-0.39, 0.29) is 12.1 Å². The van der Waals surface area contributed by atoms with Gasteiger partial charge in [-0.3, -0.25) is 0 Å². The Balaban J connectivity index is 1.78.